The fourth-order valence-electron chi connectivity index (χ4n) is 3.98. The molecule has 0 aliphatic heterocycles. The number of oxazole rings is 1. The lowest BCUT2D eigenvalue weighted by Gasteiger charge is -2.24. The van der Waals surface area contributed by atoms with E-state index in [-0.39, 0.29) is 29.1 Å². The predicted molar refractivity (Wildman–Crippen MR) is 157 cm³/mol. The molecule has 3 aromatic carbocycles. The number of anilines is 1. The molecule has 0 spiro atoms. The number of halogens is 3. The Kier molecular flexibility index (Phi) is 10.1. The van der Waals surface area contributed by atoms with E-state index in [1.165, 1.54) is 12.1 Å². The van der Waals surface area contributed by atoms with Crippen molar-refractivity contribution in [3.63, 3.8) is 0 Å². The summed E-state index contributed by atoms with van der Waals surface area (Å²) in [4.78, 5) is 16.9. The lowest BCUT2D eigenvalue weighted by atomic mass is 10.0. The van der Waals surface area contributed by atoms with E-state index in [9.17, 15) is 27.1 Å². The van der Waals surface area contributed by atoms with Crippen molar-refractivity contribution >= 4 is 44.5 Å². The van der Waals surface area contributed by atoms with Crippen LogP contribution >= 0.6 is 22.6 Å². The fraction of sp³-hybridized carbons (Fsp3) is 0.214. The van der Waals surface area contributed by atoms with Gasteiger partial charge in [0.1, 0.15) is 17.9 Å². The third kappa shape index (κ3) is 8.79. The number of sulfonamides is 1. The second-order valence-electron chi connectivity index (χ2n) is 9.35. The van der Waals surface area contributed by atoms with E-state index in [0.717, 1.165) is 39.2 Å². The number of aliphatic hydroxyl groups excluding tert-OH is 1. The van der Waals surface area contributed by atoms with Gasteiger partial charge in [-0.15, -0.1) is 0 Å². The molecule has 0 fully saturated rings. The number of hydrogen-bond donors (Lipinski definition) is 4. The van der Waals surface area contributed by atoms with Crippen LogP contribution in [0.5, 0.6) is 0 Å². The number of rotatable bonds is 12. The van der Waals surface area contributed by atoms with Gasteiger partial charge >= 0.3 is 6.01 Å². The number of carbonyl (C=O) groups is 1. The minimum Gasteiger partial charge on any atom is -0.431 e. The number of aryl methyl sites for hydroxylation is 1. The summed E-state index contributed by atoms with van der Waals surface area (Å²) < 4.78 is 61.3. The van der Waals surface area contributed by atoms with E-state index >= 15 is 0 Å². The Morgan fingerprint density at radius 3 is 2.44 bits per heavy atom. The number of amides is 1. The Morgan fingerprint density at radius 2 is 1.76 bits per heavy atom. The van der Waals surface area contributed by atoms with Gasteiger partial charge in [0.05, 0.1) is 17.0 Å². The van der Waals surface area contributed by atoms with Gasteiger partial charge in [-0.3, -0.25) is 4.79 Å². The molecule has 0 radical (unpaired) electrons. The first-order valence-electron chi connectivity index (χ1n) is 12.4. The number of nitrogens with one attached hydrogen (secondary N) is 3. The first-order chi connectivity index (χ1) is 19.5. The highest BCUT2D eigenvalue weighted by Gasteiger charge is 2.25. The number of aromatic nitrogens is 1. The molecule has 0 bridgehead atoms. The maximum atomic E-state index is 13.8. The van der Waals surface area contributed by atoms with E-state index < -0.39 is 45.7 Å². The highest BCUT2D eigenvalue weighted by Crippen LogP contribution is 2.17. The van der Waals surface area contributed by atoms with Gasteiger partial charge in [-0.1, -0.05) is 29.8 Å². The Bertz CT molecular complexity index is 1600. The molecule has 4 rings (SSSR count). The number of benzene rings is 3. The molecule has 0 aliphatic carbocycles. The molecule has 216 valence electrons. The van der Waals surface area contributed by atoms with Crippen LogP contribution < -0.4 is 15.4 Å². The summed E-state index contributed by atoms with van der Waals surface area (Å²) in [6.07, 6.45) is -0.306. The van der Waals surface area contributed by atoms with E-state index in [1.807, 2.05) is 31.2 Å². The van der Waals surface area contributed by atoms with Crippen LogP contribution in [0.1, 0.15) is 27.2 Å². The van der Waals surface area contributed by atoms with Gasteiger partial charge in [-0.05, 0) is 83.5 Å². The van der Waals surface area contributed by atoms with E-state index in [4.69, 9.17) is 4.42 Å². The highest BCUT2D eigenvalue weighted by atomic mass is 127. The molecular weight excluding hydrogens is 669 g/mol. The lowest BCUT2D eigenvalue weighted by Crippen LogP contribution is -2.48. The maximum Gasteiger partial charge on any atom is 0.309 e. The second-order valence-corrected chi connectivity index (χ2v) is 12.3. The van der Waals surface area contributed by atoms with Crippen molar-refractivity contribution in [3.8, 4) is 0 Å². The Hall–Kier alpha value is -3.40. The molecule has 41 heavy (non-hydrogen) atoms. The average Bonchev–Trinajstić information content (AvgIpc) is 3.36. The zero-order valence-corrected chi connectivity index (χ0v) is 24.7. The van der Waals surface area contributed by atoms with Gasteiger partial charge in [-0.25, -0.2) is 21.9 Å². The fourth-order valence-corrected chi connectivity index (χ4v) is 5.52. The molecule has 0 unspecified atom stereocenters. The van der Waals surface area contributed by atoms with Crippen LogP contribution in [-0.4, -0.2) is 43.1 Å². The summed E-state index contributed by atoms with van der Waals surface area (Å²) in [5.74, 6) is -2.37. The molecule has 4 aromatic rings. The van der Waals surface area contributed by atoms with Crippen LogP contribution in [0.25, 0.3) is 0 Å². The first kappa shape index (κ1) is 30.6. The molecule has 4 N–H and O–H groups in total. The van der Waals surface area contributed by atoms with Gasteiger partial charge in [0.2, 0.25) is 0 Å². The number of aliphatic hydroxyl groups is 1. The Balaban J connectivity index is 1.46. The van der Waals surface area contributed by atoms with Crippen LogP contribution in [0.15, 0.2) is 82.3 Å². The molecule has 2 atom stereocenters. The molecular formula is C28H27F2IN4O5S. The zero-order valence-electron chi connectivity index (χ0n) is 21.8. The summed E-state index contributed by atoms with van der Waals surface area (Å²) in [5.41, 5.74) is 1.82. The van der Waals surface area contributed by atoms with Crippen molar-refractivity contribution in [1.82, 2.24) is 15.6 Å². The molecule has 0 saturated carbocycles. The van der Waals surface area contributed by atoms with Gasteiger partial charge in [0, 0.05) is 22.7 Å². The van der Waals surface area contributed by atoms with Gasteiger partial charge in [0.25, 0.3) is 15.9 Å². The normalized spacial score (nSPS) is 13.0. The SMILES string of the molecule is Cc1ccc(S(=O)(=O)Nc2nc(C(=O)N[C@@H](Cc3cc(F)cc(F)c3)[C@H](O)CNCc3cccc(I)c3)co2)cc1. The third-order valence-corrected chi connectivity index (χ3v) is 8.03. The Morgan fingerprint density at radius 1 is 1.05 bits per heavy atom. The van der Waals surface area contributed by atoms with Gasteiger partial charge in [0.15, 0.2) is 5.69 Å². The molecule has 1 aromatic heterocycles. The summed E-state index contributed by atoms with van der Waals surface area (Å²) in [5, 5.41) is 16.7. The average molecular weight is 697 g/mol. The van der Waals surface area contributed by atoms with Gasteiger partial charge < -0.3 is 20.2 Å². The van der Waals surface area contributed by atoms with E-state index in [2.05, 4.69) is 42.9 Å². The van der Waals surface area contributed by atoms with Crippen molar-refractivity contribution < 1.29 is 31.5 Å². The summed E-state index contributed by atoms with van der Waals surface area (Å²) in [7, 11) is -4.02. The maximum absolute atomic E-state index is 13.8. The van der Waals surface area contributed by atoms with Crippen LogP contribution in [0.3, 0.4) is 0 Å². The second kappa shape index (κ2) is 13.5. The number of hydrogen-bond acceptors (Lipinski definition) is 7. The summed E-state index contributed by atoms with van der Waals surface area (Å²) in [6.45, 7) is 2.31. The van der Waals surface area contributed by atoms with Crippen LogP contribution in [-0.2, 0) is 23.0 Å². The first-order valence-corrected chi connectivity index (χ1v) is 15.0. The molecule has 13 heteroatoms. The van der Waals surface area contributed by atoms with E-state index in [1.54, 1.807) is 12.1 Å². The van der Waals surface area contributed by atoms with Crippen molar-refractivity contribution in [1.29, 1.82) is 0 Å². The van der Waals surface area contributed by atoms with Crippen LogP contribution in [0.4, 0.5) is 14.8 Å². The van der Waals surface area contributed by atoms with Crippen LogP contribution in [0, 0.1) is 22.1 Å². The lowest BCUT2D eigenvalue weighted by molar-refractivity contribution is 0.0825. The predicted octanol–water partition coefficient (Wildman–Crippen LogP) is 4.16. The van der Waals surface area contributed by atoms with Crippen molar-refractivity contribution in [2.24, 2.45) is 0 Å². The molecule has 0 aliphatic rings. The molecule has 1 amide bonds. The largest absolute Gasteiger partial charge is 0.431 e. The summed E-state index contributed by atoms with van der Waals surface area (Å²) >= 11 is 2.19. The minimum atomic E-state index is -4.02. The summed E-state index contributed by atoms with van der Waals surface area (Å²) in [6, 6.07) is 15.4. The molecule has 0 saturated heterocycles. The van der Waals surface area contributed by atoms with Crippen molar-refractivity contribution in [3.05, 3.63) is 111 Å². The minimum absolute atomic E-state index is 0.0180. The molecule has 9 nitrogen and oxygen atoms in total. The topological polar surface area (TPSA) is 134 Å². The van der Waals surface area contributed by atoms with Gasteiger partial charge in [-0.2, -0.15) is 4.98 Å². The van der Waals surface area contributed by atoms with Crippen molar-refractivity contribution in [2.75, 3.05) is 11.3 Å². The van der Waals surface area contributed by atoms with E-state index in [0.29, 0.717) is 6.54 Å². The monoisotopic (exact) mass is 696 g/mol. The standard InChI is InChI=1S/C28H27F2IN4O5S/c1-17-5-7-23(8-6-17)41(38,39)35-28-34-25(16-40-28)27(37)33-24(12-19-9-20(29)13-21(30)10-19)26(36)15-32-14-18-3-2-4-22(31)11-18/h2-11,13,16,24,26,32,36H,12,14-15H2,1H3,(H,33,37)(H,34,35)/t24-,26+/m0/s1. The zero-order chi connectivity index (χ0) is 29.6. The highest BCUT2D eigenvalue weighted by molar-refractivity contribution is 14.1. The number of nitrogens with zero attached hydrogens (tertiary/aromatic N) is 1. The third-order valence-electron chi connectivity index (χ3n) is 6.02. The quantitative estimate of drug-likeness (QED) is 0.164. The van der Waals surface area contributed by atoms with Crippen molar-refractivity contribution in [2.45, 2.75) is 36.9 Å². The number of carbonyl (C=O) groups excluding carboxylic acids is 1. The smallest absolute Gasteiger partial charge is 0.309 e. The molecule has 1 heterocycles. The Labute approximate surface area is 249 Å². The van der Waals surface area contributed by atoms with Crippen LogP contribution in [0.2, 0.25) is 0 Å².